The molecule has 1 aromatic carbocycles. The normalized spacial score (nSPS) is 9.71. The molecule has 1 amide bonds. The molecule has 0 saturated heterocycles. The zero-order chi connectivity index (χ0) is 12.5. The molecule has 17 heavy (non-hydrogen) atoms. The fraction of sp³-hybridized carbons (Fsp3) is 0.385. The lowest BCUT2D eigenvalue weighted by molar-refractivity contribution is -0.145. The quantitative estimate of drug-likeness (QED) is 0.532. The fourth-order valence-electron chi connectivity index (χ4n) is 1.33. The van der Waals surface area contributed by atoms with Crippen molar-refractivity contribution in [1.29, 1.82) is 0 Å². The van der Waals surface area contributed by atoms with Crippen molar-refractivity contribution in [1.82, 2.24) is 4.90 Å². The molecule has 0 spiro atoms. The molecule has 92 valence electrons. The summed E-state index contributed by atoms with van der Waals surface area (Å²) in [6.45, 7) is 3.17. The molecule has 4 nitrogen and oxygen atoms in total. The Morgan fingerprint density at radius 1 is 1.35 bits per heavy atom. The molecule has 4 heteroatoms. The summed E-state index contributed by atoms with van der Waals surface area (Å²) < 4.78 is 5.09. The van der Waals surface area contributed by atoms with Crippen LogP contribution in [-0.4, -0.2) is 30.4 Å². The molecule has 0 N–H and O–H groups in total. The molecule has 1 aromatic rings. The van der Waals surface area contributed by atoms with E-state index < -0.39 is 0 Å². The Bertz CT molecular complexity index is 351. The van der Waals surface area contributed by atoms with Crippen molar-refractivity contribution in [3.8, 4) is 0 Å². The third kappa shape index (κ3) is 5.15. The summed E-state index contributed by atoms with van der Waals surface area (Å²) in [5.41, 5.74) is 0.962. The highest BCUT2D eigenvalue weighted by Gasteiger charge is 2.06. The van der Waals surface area contributed by atoms with Gasteiger partial charge in [-0.1, -0.05) is 30.3 Å². The van der Waals surface area contributed by atoms with Crippen LogP contribution in [0.3, 0.4) is 0 Å². The largest absolute Gasteiger partial charge is 0.461 e. The van der Waals surface area contributed by atoms with Crippen molar-refractivity contribution in [3.63, 3.8) is 0 Å². The number of amides is 1. The van der Waals surface area contributed by atoms with Gasteiger partial charge in [-0.2, -0.15) is 0 Å². The van der Waals surface area contributed by atoms with Crippen molar-refractivity contribution in [2.45, 2.75) is 20.0 Å². The molecule has 0 bridgehead atoms. The van der Waals surface area contributed by atoms with Crippen LogP contribution < -0.4 is 0 Å². The van der Waals surface area contributed by atoms with Gasteiger partial charge in [-0.05, 0) is 12.5 Å². The zero-order valence-corrected chi connectivity index (χ0v) is 9.96. The van der Waals surface area contributed by atoms with Crippen LogP contribution in [0.25, 0.3) is 0 Å². The monoisotopic (exact) mass is 235 g/mol. The van der Waals surface area contributed by atoms with Crippen molar-refractivity contribution < 1.29 is 14.3 Å². The number of nitrogens with zero attached hydrogens (tertiary/aromatic N) is 1. The second kappa shape index (κ2) is 7.44. The summed E-state index contributed by atoms with van der Waals surface area (Å²) in [6.07, 6.45) is 0.976. The molecular weight excluding hydrogens is 218 g/mol. The molecule has 0 unspecified atom stereocenters. The van der Waals surface area contributed by atoms with Gasteiger partial charge < -0.3 is 9.64 Å². The standard InChI is InChI=1S/C13H17NO3/c1-2-14(11-15)9-8-13(16)17-10-12-6-4-3-5-7-12/h3-7,11H,2,8-10H2,1H3. The summed E-state index contributed by atoms with van der Waals surface area (Å²) >= 11 is 0. The molecular formula is C13H17NO3. The van der Waals surface area contributed by atoms with Crippen LogP contribution in [-0.2, 0) is 20.9 Å². The predicted octanol–water partition coefficient (Wildman–Crippen LogP) is 1.60. The minimum absolute atomic E-state index is 0.236. The van der Waals surface area contributed by atoms with Crippen molar-refractivity contribution in [2.24, 2.45) is 0 Å². The first-order valence-electron chi connectivity index (χ1n) is 5.65. The predicted molar refractivity (Wildman–Crippen MR) is 64.2 cm³/mol. The highest BCUT2D eigenvalue weighted by atomic mass is 16.5. The van der Waals surface area contributed by atoms with Gasteiger partial charge in [0.25, 0.3) is 0 Å². The van der Waals surface area contributed by atoms with Gasteiger partial charge in [-0.25, -0.2) is 0 Å². The van der Waals surface area contributed by atoms with Crippen LogP contribution in [0.5, 0.6) is 0 Å². The second-order valence-electron chi connectivity index (χ2n) is 3.63. The maximum absolute atomic E-state index is 11.4. The zero-order valence-electron chi connectivity index (χ0n) is 9.96. The first-order valence-corrected chi connectivity index (χ1v) is 5.65. The van der Waals surface area contributed by atoms with E-state index in [4.69, 9.17) is 4.74 Å². The van der Waals surface area contributed by atoms with E-state index in [9.17, 15) is 9.59 Å². The SMILES string of the molecule is CCN(C=O)CCC(=O)OCc1ccccc1. The lowest BCUT2D eigenvalue weighted by Gasteiger charge is -2.13. The minimum Gasteiger partial charge on any atom is -0.461 e. The summed E-state index contributed by atoms with van der Waals surface area (Å²) in [7, 11) is 0. The molecule has 0 aliphatic heterocycles. The van der Waals surface area contributed by atoms with E-state index in [0.29, 0.717) is 13.1 Å². The summed E-state index contributed by atoms with van der Waals surface area (Å²) in [5.74, 6) is -0.283. The number of rotatable bonds is 7. The van der Waals surface area contributed by atoms with Crippen molar-refractivity contribution in [3.05, 3.63) is 35.9 Å². The number of benzene rings is 1. The molecule has 0 aromatic heterocycles. The first-order chi connectivity index (χ1) is 8.26. The number of carbonyl (C=O) groups is 2. The van der Waals surface area contributed by atoms with Gasteiger partial charge in [0, 0.05) is 13.1 Å². The fourth-order valence-corrected chi connectivity index (χ4v) is 1.33. The second-order valence-corrected chi connectivity index (χ2v) is 3.63. The molecule has 1 rings (SSSR count). The third-order valence-corrected chi connectivity index (χ3v) is 2.40. The number of hydrogen-bond acceptors (Lipinski definition) is 3. The van der Waals surface area contributed by atoms with E-state index in [1.807, 2.05) is 37.3 Å². The lowest BCUT2D eigenvalue weighted by Crippen LogP contribution is -2.25. The van der Waals surface area contributed by atoms with Gasteiger partial charge in [0.15, 0.2) is 0 Å². The van der Waals surface area contributed by atoms with E-state index in [1.165, 1.54) is 4.90 Å². The Morgan fingerprint density at radius 2 is 2.06 bits per heavy atom. The highest BCUT2D eigenvalue weighted by molar-refractivity contribution is 5.70. The third-order valence-electron chi connectivity index (χ3n) is 2.40. The molecule has 0 radical (unpaired) electrons. The van der Waals surface area contributed by atoms with E-state index in [2.05, 4.69) is 0 Å². The number of esters is 1. The van der Waals surface area contributed by atoms with E-state index in [1.54, 1.807) is 0 Å². The van der Waals surface area contributed by atoms with Gasteiger partial charge in [-0.3, -0.25) is 9.59 Å². The molecule has 0 aliphatic carbocycles. The Morgan fingerprint density at radius 3 is 2.65 bits per heavy atom. The van der Waals surface area contributed by atoms with Crippen LogP contribution in [0.2, 0.25) is 0 Å². The van der Waals surface area contributed by atoms with Crippen LogP contribution in [0.1, 0.15) is 18.9 Å². The van der Waals surface area contributed by atoms with Crippen molar-refractivity contribution >= 4 is 12.4 Å². The van der Waals surface area contributed by atoms with Crippen molar-refractivity contribution in [2.75, 3.05) is 13.1 Å². The molecule has 0 heterocycles. The van der Waals surface area contributed by atoms with E-state index >= 15 is 0 Å². The average molecular weight is 235 g/mol. The van der Waals surface area contributed by atoms with Gasteiger partial charge >= 0.3 is 5.97 Å². The number of ether oxygens (including phenoxy) is 1. The molecule has 0 saturated carbocycles. The van der Waals surface area contributed by atoms with Crippen LogP contribution in [0.15, 0.2) is 30.3 Å². The first kappa shape index (κ1) is 13.2. The van der Waals surface area contributed by atoms with Gasteiger partial charge in [0.2, 0.25) is 6.41 Å². The lowest BCUT2D eigenvalue weighted by atomic mass is 10.2. The summed E-state index contributed by atoms with van der Waals surface area (Å²) in [5, 5.41) is 0. The van der Waals surface area contributed by atoms with Gasteiger partial charge in [-0.15, -0.1) is 0 Å². The van der Waals surface area contributed by atoms with Gasteiger partial charge in [0.05, 0.1) is 6.42 Å². The maximum atomic E-state index is 11.4. The topological polar surface area (TPSA) is 46.6 Å². The minimum atomic E-state index is -0.283. The molecule has 0 atom stereocenters. The smallest absolute Gasteiger partial charge is 0.307 e. The highest BCUT2D eigenvalue weighted by Crippen LogP contribution is 2.01. The Hall–Kier alpha value is -1.84. The number of hydrogen-bond donors (Lipinski definition) is 0. The van der Waals surface area contributed by atoms with Crippen LogP contribution >= 0.6 is 0 Å². The molecule has 0 fully saturated rings. The maximum Gasteiger partial charge on any atom is 0.307 e. The average Bonchev–Trinajstić information content (AvgIpc) is 2.39. The Labute approximate surface area is 101 Å². The Balaban J connectivity index is 2.24. The van der Waals surface area contributed by atoms with E-state index in [-0.39, 0.29) is 19.0 Å². The summed E-state index contributed by atoms with van der Waals surface area (Å²) in [4.78, 5) is 23.4. The summed E-state index contributed by atoms with van der Waals surface area (Å²) in [6, 6.07) is 9.51. The van der Waals surface area contributed by atoms with E-state index in [0.717, 1.165) is 12.0 Å². The Kier molecular flexibility index (Phi) is 5.79. The van der Waals surface area contributed by atoms with Gasteiger partial charge in [0.1, 0.15) is 6.61 Å². The van der Waals surface area contributed by atoms with Crippen LogP contribution in [0, 0.1) is 0 Å². The molecule has 0 aliphatic rings. The van der Waals surface area contributed by atoms with Crippen LogP contribution in [0.4, 0.5) is 0 Å². The number of carbonyl (C=O) groups excluding carboxylic acids is 2.